The van der Waals surface area contributed by atoms with E-state index in [0.717, 1.165) is 22.5 Å². The molecule has 0 fully saturated rings. The number of amides is 1. The van der Waals surface area contributed by atoms with Crippen LogP contribution in [-0.4, -0.2) is 16.0 Å². The highest BCUT2D eigenvalue weighted by Gasteiger charge is 2.08. The largest absolute Gasteiger partial charge is 0.388 e. The Hall–Kier alpha value is -2.70. The third kappa shape index (κ3) is 6.18. The van der Waals surface area contributed by atoms with Crippen LogP contribution in [-0.2, 0) is 17.6 Å². The second kappa shape index (κ2) is 10.0. The van der Waals surface area contributed by atoms with Gasteiger partial charge in [-0.25, -0.2) is 4.98 Å². The number of benzene rings is 2. The van der Waals surface area contributed by atoms with Crippen molar-refractivity contribution in [3.63, 3.8) is 0 Å². The minimum atomic E-state index is -2.33. The molecule has 0 aliphatic carbocycles. The quantitative estimate of drug-likeness (QED) is 0.499. The van der Waals surface area contributed by atoms with Crippen LogP contribution in [0.2, 0.25) is 0 Å². The van der Waals surface area contributed by atoms with Crippen molar-refractivity contribution in [1.82, 2.24) is 4.98 Å². The van der Waals surface area contributed by atoms with Crippen LogP contribution in [0.25, 0.3) is 0 Å². The Bertz CT molecular complexity index is 1040. The van der Waals surface area contributed by atoms with Crippen LogP contribution in [0.3, 0.4) is 0 Å². The zero-order valence-electron chi connectivity index (χ0n) is 19.3. The lowest BCUT2D eigenvalue weighted by Crippen LogP contribution is -2.14. The maximum Gasteiger partial charge on any atom is 0.230 e. The van der Waals surface area contributed by atoms with Crippen LogP contribution in [0, 0.1) is 0 Å². The summed E-state index contributed by atoms with van der Waals surface area (Å²) >= 11 is 1.06. The van der Waals surface area contributed by atoms with Crippen LogP contribution in [0.4, 0.5) is 10.8 Å². The molecule has 28 heavy (non-hydrogen) atoms. The van der Waals surface area contributed by atoms with Gasteiger partial charge in [-0.3, -0.25) is 4.79 Å². The Morgan fingerprint density at radius 1 is 1.21 bits per heavy atom. The summed E-state index contributed by atoms with van der Waals surface area (Å²) in [5.74, 6) is -0.860. The molecule has 1 heterocycles. The zero-order valence-corrected chi connectivity index (χ0v) is 16.1. The Morgan fingerprint density at radius 3 is 2.64 bits per heavy atom. The average Bonchev–Trinajstić information content (AvgIpc) is 3.21. The third-order valence-corrected chi connectivity index (χ3v) is 4.76. The number of aliphatic hydroxyl groups is 1. The number of nitrogens with one attached hydrogen (secondary N) is 1. The lowest BCUT2D eigenvalue weighted by Gasteiger charge is -2.10. The van der Waals surface area contributed by atoms with E-state index in [4.69, 9.17) is 11.2 Å². The number of nitrogens with two attached hydrogens (primary N) is 1. The highest BCUT2D eigenvalue weighted by Crippen LogP contribution is 2.20. The monoisotopic (exact) mass is 399 g/mol. The first-order valence-corrected chi connectivity index (χ1v) is 9.80. The summed E-state index contributed by atoms with van der Waals surface area (Å²) in [6.07, 6.45) is -3.90. The fraction of sp³-hybridized carbons (Fsp3) is 0.273. The number of aryl methyl sites for hydroxylation is 1. The van der Waals surface area contributed by atoms with Gasteiger partial charge in [0.05, 0.1) is 18.2 Å². The first-order valence-electron chi connectivity index (χ1n) is 10.9. The van der Waals surface area contributed by atoms with Crippen molar-refractivity contribution in [2.24, 2.45) is 0 Å². The number of nitrogen functional groups attached to an aromatic ring is 1. The second-order valence-corrected chi connectivity index (χ2v) is 7.13. The van der Waals surface area contributed by atoms with Gasteiger partial charge in [0.2, 0.25) is 5.91 Å². The number of nitrogens with zero attached hydrogens (tertiary/aromatic N) is 1. The van der Waals surface area contributed by atoms with E-state index in [9.17, 15) is 9.90 Å². The minimum Gasteiger partial charge on any atom is -0.388 e. The van der Waals surface area contributed by atoms with E-state index in [2.05, 4.69) is 10.3 Å². The van der Waals surface area contributed by atoms with Crippen molar-refractivity contribution in [3.05, 3.63) is 76.8 Å². The highest BCUT2D eigenvalue weighted by atomic mass is 32.1. The number of carbonyl (C=O) groups is 1. The normalized spacial score (nSPS) is 15.0. The van der Waals surface area contributed by atoms with E-state index < -0.39 is 24.8 Å². The predicted octanol–water partition coefficient (Wildman–Crippen LogP) is 4.35. The van der Waals surface area contributed by atoms with Gasteiger partial charge in [-0.2, -0.15) is 0 Å². The molecule has 0 saturated heterocycles. The lowest BCUT2D eigenvalue weighted by atomic mass is 10.0. The first-order chi connectivity index (χ1) is 15.1. The number of aromatic nitrogens is 1. The van der Waals surface area contributed by atoms with Gasteiger partial charge >= 0.3 is 0 Å². The number of carbonyl (C=O) groups excluding carboxylic acids is 1. The van der Waals surface area contributed by atoms with Crippen molar-refractivity contribution in [2.75, 3.05) is 11.1 Å². The van der Waals surface area contributed by atoms with Crippen LogP contribution < -0.4 is 11.1 Å². The summed E-state index contributed by atoms with van der Waals surface area (Å²) in [6.45, 7) is 0. The lowest BCUT2D eigenvalue weighted by molar-refractivity contribution is -0.115. The summed E-state index contributed by atoms with van der Waals surface area (Å²) in [5, 5.41) is 14.4. The standard InChI is InChI=1S/C22H25N3O2S/c23-22-25-19(15-28-22)14-21(27)24-18-12-10-16(11-13-18)6-4-5-9-20(26)17-7-2-1-3-8-17/h1-3,7-8,10-13,15,20,26H,4-6,9,14H2,(H2,23,25)(H,24,27)/t20-/m0/s1/i4D2,14D2. The average molecular weight is 400 g/mol. The van der Waals surface area contributed by atoms with E-state index in [-0.39, 0.29) is 23.7 Å². The first kappa shape index (κ1) is 15.2. The molecule has 0 radical (unpaired) electrons. The van der Waals surface area contributed by atoms with Gasteiger partial charge in [-0.05, 0) is 42.5 Å². The number of thiazole rings is 1. The smallest absolute Gasteiger partial charge is 0.230 e. The summed E-state index contributed by atoms with van der Waals surface area (Å²) < 4.78 is 32.6. The minimum absolute atomic E-state index is 0.0417. The Kier molecular flexibility index (Phi) is 5.45. The van der Waals surface area contributed by atoms with Crippen LogP contribution in [0.15, 0.2) is 60.0 Å². The topological polar surface area (TPSA) is 88.2 Å². The molecule has 0 unspecified atom stereocenters. The molecule has 0 bridgehead atoms. The van der Waals surface area contributed by atoms with Gasteiger partial charge in [-0.15, -0.1) is 11.3 Å². The van der Waals surface area contributed by atoms with Crippen molar-refractivity contribution in [3.8, 4) is 0 Å². The maximum atomic E-state index is 12.4. The molecule has 6 heteroatoms. The van der Waals surface area contributed by atoms with Crippen LogP contribution in [0.1, 0.15) is 47.6 Å². The molecule has 0 spiro atoms. The molecule has 3 rings (SSSR count). The molecular weight excluding hydrogens is 370 g/mol. The molecular formula is C22H25N3O2S. The number of rotatable bonds is 9. The fourth-order valence-electron chi connectivity index (χ4n) is 2.64. The molecule has 5 nitrogen and oxygen atoms in total. The maximum absolute atomic E-state index is 12.4. The van der Waals surface area contributed by atoms with E-state index >= 15 is 0 Å². The van der Waals surface area contributed by atoms with Gasteiger partial charge < -0.3 is 16.2 Å². The number of anilines is 2. The predicted molar refractivity (Wildman–Crippen MR) is 114 cm³/mol. The van der Waals surface area contributed by atoms with Crippen LogP contribution >= 0.6 is 11.3 Å². The Labute approximate surface area is 174 Å². The van der Waals surface area contributed by atoms with Crippen molar-refractivity contribution in [1.29, 1.82) is 0 Å². The molecule has 0 aliphatic heterocycles. The zero-order chi connectivity index (χ0) is 23.4. The molecule has 1 amide bonds. The Morgan fingerprint density at radius 2 is 1.96 bits per heavy atom. The Balaban J connectivity index is 1.56. The fourth-order valence-corrected chi connectivity index (χ4v) is 3.14. The number of hydrogen-bond acceptors (Lipinski definition) is 5. The van der Waals surface area contributed by atoms with Crippen molar-refractivity contribution >= 4 is 28.1 Å². The van der Waals surface area contributed by atoms with Crippen molar-refractivity contribution in [2.45, 2.75) is 38.1 Å². The molecule has 0 aliphatic rings. The van der Waals surface area contributed by atoms with Gasteiger partial charge in [0.1, 0.15) is 0 Å². The number of hydrogen-bond donors (Lipinski definition) is 3. The summed E-state index contributed by atoms with van der Waals surface area (Å²) in [7, 11) is 0. The molecule has 1 aromatic heterocycles. The van der Waals surface area contributed by atoms with Gasteiger partial charge in [-0.1, -0.05) is 48.9 Å². The second-order valence-electron chi connectivity index (χ2n) is 6.24. The van der Waals surface area contributed by atoms with Gasteiger partial charge in [0, 0.05) is 16.6 Å². The van der Waals surface area contributed by atoms with E-state index in [0.29, 0.717) is 12.1 Å². The molecule has 1 atom stereocenters. The molecule has 3 aromatic rings. The van der Waals surface area contributed by atoms with E-state index in [1.165, 1.54) is 5.38 Å². The summed E-state index contributed by atoms with van der Waals surface area (Å²) in [4.78, 5) is 16.2. The molecule has 146 valence electrons. The van der Waals surface area contributed by atoms with Gasteiger partial charge in [0.15, 0.2) is 5.13 Å². The highest BCUT2D eigenvalue weighted by molar-refractivity contribution is 7.13. The third-order valence-electron chi connectivity index (χ3n) is 4.08. The SMILES string of the molecule is [2H]C([2H])(CC[C@H](O)c1ccccc1)Cc1ccc(NC(=O)C([2H])([2H])c2csc(N)n2)cc1. The van der Waals surface area contributed by atoms with Gasteiger partial charge in [0.25, 0.3) is 0 Å². The number of aliphatic hydroxyl groups excluding tert-OH is 1. The molecule has 4 N–H and O–H groups in total. The van der Waals surface area contributed by atoms with Crippen molar-refractivity contribution < 1.29 is 15.4 Å². The van der Waals surface area contributed by atoms with Crippen LogP contribution in [0.5, 0.6) is 0 Å². The summed E-state index contributed by atoms with van der Waals surface area (Å²) in [5.41, 5.74) is 7.38. The summed E-state index contributed by atoms with van der Waals surface area (Å²) in [6, 6.07) is 15.8. The molecule has 2 aromatic carbocycles. The van der Waals surface area contributed by atoms with E-state index in [1.807, 2.05) is 30.3 Å². The molecule has 0 saturated carbocycles. The van der Waals surface area contributed by atoms with E-state index in [1.54, 1.807) is 24.3 Å².